The monoisotopic (exact) mass is 446 g/mol. The number of hydrogen-bond donors (Lipinski definition) is 0. The number of thioether (sulfide) groups is 1. The minimum atomic E-state index is 0.0943. The SMILES string of the molecule is Cc1cccc(N2CCN(C(=O)c3ccc(OCCSc4ccccc4)cc3)CC2)c1C. The van der Waals surface area contributed by atoms with Crippen LogP contribution >= 0.6 is 11.8 Å². The van der Waals surface area contributed by atoms with Crippen LogP contribution in [0.15, 0.2) is 77.7 Å². The van der Waals surface area contributed by atoms with Gasteiger partial charge in [-0.2, -0.15) is 0 Å². The first-order valence-electron chi connectivity index (χ1n) is 11.1. The molecule has 0 saturated carbocycles. The molecule has 4 nitrogen and oxygen atoms in total. The Morgan fingerprint density at radius 2 is 1.59 bits per heavy atom. The Morgan fingerprint density at radius 1 is 0.875 bits per heavy atom. The number of carbonyl (C=O) groups excluding carboxylic acids is 1. The van der Waals surface area contributed by atoms with Crippen LogP contribution in [0.25, 0.3) is 0 Å². The van der Waals surface area contributed by atoms with Crippen LogP contribution in [0.1, 0.15) is 21.5 Å². The third-order valence-corrected chi connectivity index (χ3v) is 6.93. The molecule has 1 fully saturated rings. The van der Waals surface area contributed by atoms with E-state index in [0.29, 0.717) is 6.61 Å². The van der Waals surface area contributed by atoms with Crippen molar-refractivity contribution in [2.24, 2.45) is 0 Å². The summed E-state index contributed by atoms with van der Waals surface area (Å²) in [6.45, 7) is 8.14. The molecule has 5 heteroatoms. The zero-order valence-corrected chi connectivity index (χ0v) is 19.6. The Morgan fingerprint density at radius 3 is 2.31 bits per heavy atom. The van der Waals surface area contributed by atoms with E-state index in [4.69, 9.17) is 4.74 Å². The third kappa shape index (κ3) is 5.46. The van der Waals surface area contributed by atoms with Gasteiger partial charge < -0.3 is 14.5 Å². The van der Waals surface area contributed by atoms with Crippen molar-refractivity contribution < 1.29 is 9.53 Å². The maximum atomic E-state index is 13.0. The normalized spacial score (nSPS) is 13.8. The summed E-state index contributed by atoms with van der Waals surface area (Å²) in [4.78, 5) is 18.5. The molecule has 0 aromatic heterocycles. The topological polar surface area (TPSA) is 32.8 Å². The van der Waals surface area contributed by atoms with Gasteiger partial charge in [0.25, 0.3) is 5.91 Å². The molecule has 0 aliphatic carbocycles. The van der Waals surface area contributed by atoms with Crippen molar-refractivity contribution in [3.05, 3.63) is 89.5 Å². The molecule has 3 aromatic rings. The van der Waals surface area contributed by atoms with Crippen LogP contribution in [-0.4, -0.2) is 49.3 Å². The number of hydrogen-bond acceptors (Lipinski definition) is 4. The fourth-order valence-electron chi connectivity index (χ4n) is 3.94. The van der Waals surface area contributed by atoms with E-state index in [1.807, 2.05) is 47.4 Å². The second-order valence-electron chi connectivity index (χ2n) is 8.03. The molecule has 0 N–H and O–H groups in total. The van der Waals surface area contributed by atoms with E-state index in [1.165, 1.54) is 21.7 Å². The summed E-state index contributed by atoms with van der Waals surface area (Å²) in [6, 6.07) is 24.3. The fourth-order valence-corrected chi connectivity index (χ4v) is 4.69. The zero-order chi connectivity index (χ0) is 22.3. The number of aryl methyl sites for hydroxylation is 1. The number of rotatable bonds is 7. The average molecular weight is 447 g/mol. The van der Waals surface area contributed by atoms with Gasteiger partial charge in [-0.25, -0.2) is 0 Å². The third-order valence-electron chi connectivity index (χ3n) is 5.95. The molecule has 0 bridgehead atoms. The highest BCUT2D eigenvalue weighted by molar-refractivity contribution is 7.99. The predicted octanol–water partition coefficient (Wildman–Crippen LogP) is 5.44. The lowest BCUT2D eigenvalue weighted by molar-refractivity contribution is 0.0746. The maximum absolute atomic E-state index is 13.0. The number of amides is 1. The lowest BCUT2D eigenvalue weighted by Gasteiger charge is -2.37. The number of nitrogens with zero attached hydrogens (tertiary/aromatic N) is 2. The molecule has 166 valence electrons. The maximum Gasteiger partial charge on any atom is 0.253 e. The summed E-state index contributed by atoms with van der Waals surface area (Å²) in [5, 5.41) is 0. The van der Waals surface area contributed by atoms with E-state index in [0.717, 1.165) is 43.2 Å². The van der Waals surface area contributed by atoms with Crippen LogP contribution in [0.2, 0.25) is 0 Å². The van der Waals surface area contributed by atoms with Crippen molar-refractivity contribution in [1.82, 2.24) is 4.90 Å². The number of carbonyl (C=O) groups is 1. The van der Waals surface area contributed by atoms with E-state index >= 15 is 0 Å². The highest BCUT2D eigenvalue weighted by Crippen LogP contribution is 2.24. The molecule has 1 heterocycles. The Bertz CT molecular complexity index is 1030. The molecule has 1 amide bonds. The van der Waals surface area contributed by atoms with E-state index < -0.39 is 0 Å². The number of piperazine rings is 1. The molecule has 1 aliphatic heterocycles. The summed E-state index contributed by atoms with van der Waals surface area (Å²) in [6.07, 6.45) is 0. The van der Waals surface area contributed by atoms with Crippen molar-refractivity contribution >= 4 is 23.4 Å². The summed E-state index contributed by atoms with van der Waals surface area (Å²) >= 11 is 1.78. The molecular formula is C27H30N2O2S. The minimum absolute atomic E-state index is 0.0943. The average Bonchev–Trinajstić information content (AvgIpc) is 2.84. The van der Waals surface area contributed by atoms with Crippen LogP contribution in [0.5, 0.6) is 5.75 Å². The zero-order valence-electron chi connectivity index (χ0n) is 18.8. The first-order valence-corrected chi connectivity index (χ1v) is 12.1. The van der Waals surface area contributed by atoms with Gasteiger partial charge in [0.15, 0.2) is 0 Å². The summed E-state index contributed by atoms with van der Waals surface area (Å²) in [7, 11) is 0. The lowest BCUT2D eigenvalue weighted by atomic mass is 10.1. The quantitative estimate of drug-likeness (QED) is 0.358. The van der Waals surface area contributed by atoms with Crippen LogP contribution in [0.4, 0.5) is 5.69 Å². The van der Waals surface area contributed by atoms with Crippen LogP contribution in [-0.2, 0) is 0 Å². The number of benzene rings is 3. The Balaban J connectivity index is 1.25. The van der Waals surface area contributed by atoms with Gasteiger partial charge >= 0.3 is 0 Å². The Hall–Kier alpha value is -2.92. The van der Waals surface area contributed by atoms with Gasteiger partial charge in [0.2, 0.25) is 0 Å². The first-order chi connectivity index (χ1) is 15.6. The molecule has 4 rings (SSSR count). The smallest absolute Gasteiger partial charge is 0.253 e. The van der Waals surface area contributed by atoms with Crippen LogP contribution in [0, 0.1) is 13.8 Å². The molecular weight excluding hydrogens is 416 g/mol. The second-order valence-corrected chi connectivity index (χ2v) is 9.20. The summed E-state index contributed by atoms with van der Waals surface area (Å²) < 4.78 is 5.84. The van der Waals surface area contributed by atoms with Crippen molar-refractivity contribution in [2.75, 3.05) is 43.4 Å². The molecule has 0 atom stereocenters. The summed E-state index contributed by atoms with van der Waals surface area (Å²) in [5.74, 6) is 1.78. The Labute approximate surface area is 195 Å². The van der Waals surface area contributed by atoms with Gasteiger partial charge in [-0.3, -0.25) is 4.79 Å². The van der Waals surface area contributed by atoms with E-state index in [1.54, 1.807) is 11.8 Å². The van der Waals surface area contributed by atoms with Crippen molar-refractivity contribution in [2.45, 2.75) is 18.7 Å². The van der Waals surface area contributed by atoms with Crippen molar-refractivity contribution in [3.63, 3.8) is 0 Å². The van der Waals surface area contributed by atoms with Gasteiger partial charge in [0.1, 0.15) is 5.75 Å². The van der Waals surface area contributed by atoms with E-state index in [2.05, 4.69) is 49.1 Å². The van der Waals surface area contributed by atoms with Crippen molar-refractivity contribution in [1.29, 1.82) is 0 Å². The summed E-state index contributed by atoms with van der Waals surface area (Å²) in [5.41, 5.74) is 4.63. The molecule has 3 aromatic carbocycles. The van der Waals surface area contributed by atoms with Gasteiger partial charge in [-0.1, -0.05) is 30.3 Å². The molecule has 1 saturated heterocycles. The largest absolute Gasteiger partial charge is 0.493 e. The molecule has 32 heavy (non-hydrogen) atoms. The van der Waals surface area contributed by atoms with Gasteiger partial charge in [-0.05, 0) is 67.4 Å². The second kappa shape index (κ2) is 10.6. The van der Waals surface area contributed by atoms with Crippen LogP contribution < -0.4 is 9.64 Å². The lowest BCUT2D eigenvalue weighted by Crippen LogP contribution is -2.49. The molecule has 1 aliphatic rings. The molecule has 0 radical (unpaired) electrons. The van der Waals surface area contributed by atoms with Gasteiger partial charge in [0, 0.05) is 48.1 Å². The molecule has 0 spiro atoms. The number of anilines is 1. The number of ether oxygens (including phenoxy) is 1. The highest BCUT2D eigenvalue weighted by Gasteiger charge is 2.23. The minimum Gasteiger partial charge on any atom is -0.493 e. The first kappa shape index (κ1) is 22.3. The van der Waals surface area contributed by atoms with Gasteiger partial charge in [-0.15, -0.1) is 11.8 Å². The molecule has 0 unspecified atom stereocenters. The van der Waals surface area contributed by atoms with E-state index in [9.17, 15) is 4.79 Å². The highest BCUT2D eigenvalue weighted by atomic mass is 32.2. The van der Waals surface area contributed by atoms with E-state index in [-0.39, 0.29) is 5.91 Å². The predicted molar refractivity (Wildman–Crippen MR) is 133 cm³/mol. The Kier molecular flexibility index (Phi) is 7.38. The standard InChI is InChI=1S/C27H30N2O2S/c1-21-7-6-10-26(22(21)2)28-15-17-29(18-16-28)27(30)23-11-13-24(14-12-23)31-19-20-32-25-8-4-3-5-9-25/h3-14H,15-20H2,1-2H3. The van der Waals surface area contributed by atoms with Crippen molar-refractivity contribution in [3.8, 4) is 5.75 Å². The van der Waals surface area contributed by atoms with Crippen LogP contribution in [0.3, 0.4) is 0 Å². The fraction of sp³-hybridized carbons (Fsp3) is 0.296. The van der Waals surface area contributed by atoms with Gasteiger partial charge in [0.05, 0.1) is 6.61 Å².